The molecule has 26 heavy (non-hydrogen) atoms. The lowest BCUT2D eigenvalue weighted by atomic mass is 10.1. The first-order chi connectivity index (χ1) is 12.5. The molecule has 6 nitrogen and oxygen atoms in total. The Morgan fingerprint density at radius 1 is 0.923 bits per heavy atom. The third-order valence-corrected chi connectivity index (χ3v) is 5.53. The second-order valence-corrected chi connectivity index (χ2v) is 7.12. The van der Waals surface area contributed by atoms with Gasteiger partial charge in [0.15, 0.2) is 0 Å². The molecule has 0 unspecified atom stereocenters. The van der Waals surface area contributed by atoms with Crippen LogP contribution in [0.1, 0.15) is 41.6 Å². The van der Waals surface area contributed by atoms with Crippen molar-refractivity contribution in [3.63, 3.8) is 0 Å². The molecule has 1 aromatic carbocycles. The second kappa shape index (κ2) is 7.98. The summed E-state index contributed by atoms with van der Waals surface area (Å²) in [7, 11) is 3.16. The fourth-order valence-corrected chi connectivity index (χ4v) is 3.95. The number of carbonyl (C=O) groups excluding carboxylic acids is 2. The lowest BCUT2D eigenvalue weighted by Gasteiger charge is -2.36. The SMILES string of the molecule is COc1cc(C(=O)N2CCN(C(=O)C3CCCC3)CC2)c(OC)cc1C. The van der Waals surface area contributed by atoms with Gasteiger partial charge < -0.3 is 19.3 Å². The number of benzene rings is 1. The highest BCUT2D eigenvalue weighted by Gasteiger charge is 2.31. The van der Waals surface area contributed by atoms with Crippen LogP contribution in [0.5, 0.6) is 11.5 Å². The fourth-order valence-electron chi connectivity index (χ4n) is 3.95. The van der Waals surface area contributed by atoms with Gasteiger partial charge in [0.1, 0.15) is 11.5 Å². The van der Waals surface area contributed by atoms with Crippen molar-refractivity contribution in [1.82, 2.24) is 9.80 Å². The first kappa shape index (κ1) is 18.5. The molecule has 1 aliphatic heterocycles. The van der Waals surface area contributed by atoms with Crippen LogP contribution in [-0.4, -0.2) is 62.0 Å². The zero-order chi connectivity index (χ0) is 18.7. The molecule has 0 atom stereocenters. The van der Waals surface area contributed by atoms with Gasteiger partial charge in [-0.15, -0.1) is 0 Å². The monoisotopic (exact) mass is 360 g/mol. The Morgan fingerprint density at radius 2 is 1.50 bits per heavy atom. The Morgan fingerprint density at radius 3 is 2.08 bits per heavy atom. The Kier molecular flexibility index (Phi) is 5.69. The Hall–Kier alpha value is -2.24. The van der Waals surface area contributed by atoms with Crippen molar-refractivity contribution in [3.05, 3.63) is 23.3 Å². The van der Waals surface area contributed by atoms with Gasteiger partial charge in [0.05, 0.1) is 19.8 Å². The summed E-state index contributed by atoms with van der Waals surface area (Å²) in [5, 5.41) is 0. The van der Waals surface area contributed by atoms with Gasteiger partial charge in [0.25, 0.3) is 5.91 Å². The number of amides is 2. The van der Waals surface area contributed by atoms with Crippen LogP contribution in [0.4, 0.5) is 0 Å². The standard InChI is InChI=1S/C20H28N2O4/c1-14-12-18(26-3)16(13-17(14)25-2)20(24)22-10-8-21(9-11-22)19(23)15-6-4-5-7-15/h12-13,15H,4-11H2,1-3H3. The van der Waals surface area contributed by atoms with Gasteiger partial charge in [-0.1, -0.05) is 12.8 Å². The summed E-state index contributed by atoms with van der Waals surface area (Å²) < 4.78 is 10.7. The van der Waals surface area contributed by atoms with Crippen LogP contribution in [0.2, 0.25) is 0 Å². The average Bonchev–Trinajstić information content (AvgIpc) is 3.21. The summed E-state index contributed by atoms with van der Waals surface area (Å²) in [6.45, 7) is 4.23. The molecular formula is C20H28N2O4. The second-order valence-electron chi connectivity index (χ2n) is 7.12. The van der Waals surface area contributed by atoms with Gasteiger partial charge >= 0.3 is 0 Å². The van der Waals surface area contributed by atoms with Crippen molar-refractivity contribution >= 4 is 11.8 Å². The molecule has 1 aromatic rings. The van der Waals surface area contributed by atoms with E-state index in [0.717, 1.165) is 31.2 Å². The molecule has 3 rings (SSSR count). The quantitative estimate of drug-likeness (QED) is 0.828. The van der Waals surface area contributed by atoms with E-state index in [1.165, 1.54) is 0 Å². The van der Waals surface area contributed by atoms with Crippen LogP contribution in [-0.2, 0) is 4.79 Å². The van der Waals surface area contributed by atoms with Crippen molar-refractivity contribution in [1.29, 1.82) is 0 Å². The van der Waals surface area contributed by atoms with E-state index in [2.05, 4.69) is 0 Å². The highest BCUT2D eigenvalue weighted by molar-refractivity contribution is 5.97. The minimum atomic E-state index is -0.0758. The van der Waals surface area contributed by atoms with E-state index >= 15 is 0 Å². The number of hydrogen-bond donors (Lipinski definition) is 0. The lowest BCUT2D eigenvalue weighted by molar-refractivity contribution is -0.136. The zero-order valence-electron chi connectivity index (χ0n) is 15.9. The molecule has 1 saturated carbocycles. The fraction of sp³-hybridized carbons (Fsp3) is 0.600. The lowest BCUT2D eigenvalue weighted by Crippen LogP contribution is -2.51. The first-order valence-corrected chi connectivity index (χ1v) is 9.35. The van der Waals surface area contributed by atoms with E-state index in [1.807, 2.05) is 17.9 Å². The highest BCUT2D eigenvalue weighted by atomic mass is 16.5. The summed E-state index contributed by atoms with van der Waals surface area (Å²) in [4.78, 5) is 29.3. The van der Waals surface area contributed by atoms with E-state index < -0.39 is 0 Å². The number of rotatable bonds is 4. The molecule has 6 heteroatoms. The van der Waals surface area contributed by atoms with Gasteiger partial charge in [0.2, 0.25) is 5.91 Å². The molecule has 0 bridgehead atoms. The van der Waals surface area contributed by atoms with Crippen molar-refractivity contribution in [3.8, 4) is 11.5 Å². The molecule has 0 spiro atoms. The Labute approximate surface area is 155 Å². The largest absolute Gasteiger partial charge is 0.496 e. The molecule has 0 aromatic heterocycles. The molecule has 1 heterocycles. The highest BCUT2D eigenvalue weighted by Crippen LogP contribution is 2.30. The van der Waals surface area contributed by atoms with Crippen molar-refractivity contribution in [2.24, 2.45) is 5.92 Å². The maximum absolute atomic E-state index is 13.0. The van der Waals surface area contributed by atoms with E-state index in [4.69, 9.17) is 9.47 Å². The van der Waals surface area contributed by atoms with Gasteiger partial charge in [-0.2, -0.15) is 0 Å². The van der Waals surface area contributed by atoms with Crippen molar-refractivity contribution in [2.45, 2.75) is 32.6 Å². The Balaban J connectivity index is 1.67. The van der Waals surface area contributed by atoms with Crippen molar-refractivity contribution < 1.29 is 19.1 Å². The molecular weight excluding hydrogens is 332 g/mol. The molecule has 142 valence electrons. The molecule has 1 saturated heterocycles. The summed E-state index contributed by atoms with van der Waals surface area (Å²) in [6.07, 6.45) is 4.34. The van der Waals surface area contributed by atoms with Crippen LogP contribution in [0, 0.1) is 12.8 Å². The predicted molar refractivity (Wildman–Crippen MR) is 98.7 cm³/mol. The minimum Gasteiger partial charge on any atom is -0.496 e. The number of aryl methyl sites for hydroxylation is 1. The van der Waals surface area contributed by atoms with E-state index in [0.29, 0.717) is 43.2 Å². The summed E-state index contributed by atoms with van der Waals surface area (Å²) in [5.41, 5.74) is 1.43. The molecule has 2 amide bonds. The number of piperazine rings is 1. The molecule has 1 aliphatic carbocycles. The maximum atomic E-state index is 13.0. The summed E-state index contributed by atoms with van der Waals surface area (Å²) in [5.74, 6) is 1.61. The number of hydrogen-bond acceptors (Lipinski definition) is 4. The molecule has 0 N–H and O–H groups in total. The number of carbonyl (C=O) groups is 2. The van der Waals surface area contributed by atoms with Crippen molar-refractivity contribution in [2.75, 3.05) is 40.4 Å². The number of methoxy groups -OCH3 is 2. The van der Waals surface area contributed by atoms with Crippen LogP contribution in [0.25, 0.3) is 0 Å². The van der Waals surface area contributed by atoms with Crippen LogP contribution in [0.15, 0.2) is 12.1 Å². The van der Waals surface area contributed by atoms with E-state index in [-0.39, 0.29) is 17.7 Å². The average molecular weight is 360 g/mol. The third kappa shape index (κ3) is 3.64. The first-order valence-electron chi connectivity index (χ1n) is 9.35. The Bertz CT molecular complexity index is 675. The van der Waals surface area contributed by atoms with Crippen LogP contribution in [0.3, 0.4) is 0 Å². The van der Waals surface area contributed by atoms with Gasteiger partial charge in [-0.05, 0) is 37.5 Å². The summed E-state index contributed by atoms with van der Waals surface area (Å²) >= 11 is 0. The van der Waals surface area contributed by atoms with Gasteiger partial charge in [-0.3, -0.25) is 9.59 Å². The number of nitrogens with zero attached hydrogens (tertiary/aromatic N) is 2. The van der Waals surface area contributed by atoms with Crippen LogP contribution >= 0.6 is 0 Å². The third-order valence-electron chi connectivity index (χ3n) is 5.53. The van der Waals surface area contributed by atoms with Gasteiger partial charge in [0, 0.05) is 32.1 Å². The van der Waals surface area contributed by atoms with Crippen LogP contribution < -0.4 is 9.47 Å². The van der Waals surface area contributed by atoms with Gasteiger partial charge in [-0.25, -0.2) is 0 Å². The smallest absolute Gasteiger partial charge is 0.257 e. The maximum Gasteiger partial charge on any atom is 0.257 e. The van der Waals surface area contributed by atoms with E-state index in [9.17, 15) is 9.59 Å². The topological polar surface area (TPSA) is 59.1 Å². The zero-order valence-corrected chi connectivity index (χ0v) is 15.9. The molecule has 0 radical (unpaired) electrons. The molecule has 2 aliphatic rings. The predicted octanol–water partition coefficient (Wildman–Crippen LogP) is 2.49. The number of ether oxygens (including phenoxy) is 2. The molecule has 2 fully saturated rings. The minimum absolute atomic E-state index is 0.0758. The normalized spacial score (nSPS) is 18.1. The summed E-state index contributed by atoms with van der Waals surface area (Å²) in [6, 6.07) is 3.57. The van der Waals surface area contributed by atoms with E-state index in [1.54, 1.807) is 25.2 Å².